The van der Waals surface area contributed by atoms with Crippen LogP contribution in [0.1, 0.15) is 80.6 Å². The van der Waals surface area contributed by atoms with Gasteiger partial charge in [0.05, 0.1) is 0 Å². The molecule has 0 atom stereocenters. The van der Waals surface area contributed by atoms with Crippen LogP contribution >= 0.6 is 0 Å². The summed E-state index contributed by atoms with van der Waals surface area (Å²) in [4.78, 5) is 12.3. The smallest absolute Gasteiger partial charge is 0.251 e. The molecule has 21 heavy (non-hydrogen) atoms. The number of aryl methyl sites for hydroxylation is 1. The van der Waals surface area contributed by atoms with Crippen molar-refractivity contribution in [3.05, 3.63) is 35.4 Å². The molecule has 0 unspecified atom stereocenters. The standard InChI is InChI=1S/C19H29NO/c1-2-3-4-6-10-16-11-9-12-17(15-16)19(21)20-18-13-7-5-8-14-18/h9,11-12,15,18H,2-8,10,13-14H2,1H3,(H,20,21). The van der Waals surface area contributed by atoms with Crippen LogP contribution in [0.25, 0.3) is 0 Å². The van der Waals surface area contributed by atoms with E-state index in [1.807, 2.05) is 12.1 Å². The molecule has 0 spiro atoms. The molecule has 1 aromatic carbocycles. The van der Waals surface area contributed by atoms with Gasteiger partial charge in [0.1, 0.15) is 0 Å². The van der Waals surface area contributed by atoms with Crippen molar-refractivity contribution in [2.75, 3.05) is 0 Å². The molecule has 0 aliphatic heterocycles. The zero-order valence-corrected chi connectivity index (χ0v) is 13.4. The van der Waals surface area contributed by atoms with Crippen molar-refractivity contribution in [2.45, 2.75) is 77.2 Å². The SMILES string of the molecule is CCCCCCc1cccc(C(=O)NC2CCCCC2)c1. The second-order valence-electron chi connectivity index (χ2n) is 6.32. The second kappa shape index (κ2) is 8.86. The Balaban J connectivity index is 1.85. The van der Waals surface area contributed by atoms with Crippen LogP contribution in [0.3, 0.4) is 0 Å². The number of unbranched alkanes of at least 4 members (excludes halogenated alkanes) is 3. The summed E-state index contributed by atoms with van der Waals surface area (Å²) in [5.41, 5.74) is 2.12. The van der Waals surface area contributed by atoms with Gasteiger partial charge in [-0.15, -0.1) is 0 Å². The molecular formula is C19H29NO. The van der Waals surface area contributed by atoms with E-state index in [4.69, 9.17) is 0 Å². The van der Waals surface area contributed by atoms with E-state index in [9.17, 15) is 4.79 Å². The van der Waals surface area contributed by atoms with Crippen LogP contribution in [0.2, 0.25) is 0 Å². The largest absolute Gasteiger partial charge is 0.349 e. The molecule has 1 aliphatic rings. The summed E-state index contributed by atoms with van der Waals surface area (Å²) in [5.74, 6) is 0.109. The third kappa shape index (κ3) is 5.53. The zero-order valence-electron chi connectivity index (χ0n) is 13.4. The van der Waals surface area contributed by atoms with Crippen LogP contribution in [0.15, 0.2) is 24.3 Å². The molecule has 2 nitrogen and oxygen atoms in total. The maximum atomic E-state index is 12.3. The predicted molar refractivity (Wildman–Crippen MR) is 88.6 cm³/mol. The summed E-state index contributed by atoms with van der Waals surface area (Å²) in [5, 5.41) is 3.20. The molecule has 1 N–H and O–H groups in total. The molecule has 1 aromatic rings. The van der Waals surface area contributed by atoms with E-state index in [1.54, 1.807) is 0 Å². The maximum Gasteiger partial charge on any atom is 0.251 e. The average molecular weight is 287 g/mol. The molecule has 1 saturated carbocycles. The molecule has 0 radical (unpaired) electrons. The van der Waals surface area contributed by atoms with Crippen LogP contribution in [-0.4, -0.2) is 11.9 Å². The van der Waals surface area contributed by atoms with Crippen molar-refractivity contribution in [2.24, 2.45) is 0 Å². The summed E-state index contributed by atoms with van der Waals surface area (Å²) in [6.07, 6.45) is 12.3. The normalized spacial score (nSPS) is 15.9. The van der Waals surface area contributed by atoms with Crippen molar-refractivity contribution in [1.82, 2.24) is 5.32 Å². The Hall–Kier alpha value is -1.31. The van der Waals surface area contributed by atoms with Gasteiger partial charge in [0.2, 0.25) is 0 Å². The number of carbonyl (C=O) groups is 1. The minimum atomic E-state index is 0.109. The van der Waals surface area contributed by atoms with Gasteiger partial charge in [-0.1, -0.05) is 57.6 Å². The van der Waals surface area contributed by atoms with Gasteiger partial charge in [0.15, 0.2) is 0 Å². The third-order valence-corrected chi connectivity index (χ3v) is 4.45. The minimum Gasteiger partial charge on any atom is -0.349 e. The van der Waals surface area contributed by atoms with E-state index < -0.39 is 0 Å². The number of amides is 1. The minimum absolute atomic E-state index is 0.109. The lowest BCUT2D eigenvalue weighted by Gasteiger charge is -2.22. The van der Waals surface area contributed by atoms with Gasteiger partial charge < -0.3 is 5.32 Å². The van der Waals surface area contributed by atoms with Crippen molar-refractivity contribution < 1.29 is 4.79 Å². The van der Waals surface area contributed by atoms with E-state index >= 15 is 0 Å². The van der Waals surface area contributed by atoms with Crippen LogP contribution in [-0.2, 0) is 6.42 Å². The summed E-state index contributed by atoms with van der Waals surface area (Å²) >= 11 is 0. The third-order valence-electron chi connectivity index (χ3n) is 4.45. The van der Waals surface area contributed by atoms with Crippen LogP contribution < -0.4 is 5.32 Å². The summed E-state index contributed by atoms with van der Waals surface area (Å²) in [7, 11) is 0. The fourth-order valence-corrected chi connectivity index (χ4v) is 3.14. The molecule has 0 heterocycles. The Morgan fingerprint density at radius 3 is 2.71 bits per heavy atom. The molecule has 0 aromatic heterocycles. The van der Waals surface area contributed by atoms with E-state index in [2.05, 4.69) is 24.4 Å². The Kier molecular flexibility index (Phi) is 6.78. The van der Waals surface area contributed by atoms with Crippen molar-refractivity contribution in [3.8, 4) is 0 Å². The molecule has 0 saturated heterocycles. The maximum absolute atomic E-state index is 12.3. The van der Waals surface area contributed by atoms with Gasteiger partial charge in [-0.2, -0.15) is 0 Å². The van der Waals surface area contributed by atoms with E-state index in [1.165, 1.54) is 50.5 Å². The van der Waals surface area contributed by atoms with E-state index in [0.29, 0.717) is 6.04 Å². The first kappa shape index (κ1) is 16.1. The van der Waals surface area contributed by atoms with Gasteiger partial charge in [0, 0.05) is 11.6 Å². The Labute approximate surface area is 129 Å². The van der Waals surface area contributed by atoms with Crippen molar-refractivity contribution >= 4 is 5.91 Å². The number of hydrogen-bond donors (Lipinski definition) is 1. The van der Waals surface area contributed by atoms with Gasteiger partial charge in [0.25, 0.3) is 5.91 Å². The fraction of sp³-hybridized carbons (Fsp3) is 0.632. The lowest BCUT2D eigenvalue weighted by atomic mass is 9.95. The summed E-state index contributed by atoms with van der Waals surface area (Å²) < 4.78 is 0. The van der Waals surface area contributed by atoms with E-state index in [0.717, 1.165) is 24.8 Å². The number of benzene rings is 1. The molecule has 2 rings (SSSR count). The number of nitrogens with one attached hydrogen (secondary N) is 1. The fourth-order valence-electron chi connectivity index (χ4n) is 3.14. The van der Waals surface area contributed by atoms with Gasteiger partial charge in [-0.05, 0) is 43.4 Å². The van der Waals surface area contributed by atoms with E-state index in [-0.39, 0.29) is 5.91 Å². The van der Waals surface area contributed by atoms with Gasteiger partial charge in [-0.25, -0.2) is 0 Å². The van der Waals surface area contributed by atoms with Crippen molar-refractivity contribution in [1.29, 1.82) is 0 Å². The highest BCUT2D eigenvalue weighted by atomic mass is 16.1. The number of hydrogen-bond acceptors (Lipinski definition) is 1. The Morgan fingerprint density at radius 1 is 1.14 bits per heavy atom. The lowest BCUT2D eigenvalue weighted by Crippen LogP contribution is -2.36. The molecule has 1 fully saturated rings. The monoisotopic (exact) mass is 287 g/mol. The van der Waals surface area contributed by atoms with Crippen LogP contribution in [0.5, 0.6) is 0 Å². The van der Waals surface area contributed by atoms with Gasteiger partial charge in [-0.3, -0.25) is 4.79 Å². The first-order chi connectivity index (χ1) is 10.3. The molecule has 1 amide bonds. The summed E-state index contributed by atoms with van der Waals surface area (Å²) in [6.45, 7) is 2.23. The highest BCUT2D eigenvalue weighted by Crippen LogP contribution is 2.18. The van der Waals surface area contributed by atoms with Gasteiger partial charge >= 0.3 is 0 Å². The molecule has 1 aliphatic carbocycles. The van der Waals surface area contributed by atoms with Crippen LogP contribution in [0, 0.1) is 0 Å². The first-order valence-corrected chi connectivity index (χ1v) is 8.69. The molecule has 0 bridgehead atoms. The number of carbonyl (C=O) groups excluding carboxylic acids is 1. The lowest BCUT2D eigenvalue weighted by molar-refractivity contribution is 0.0927. The van der Waals surface area contributed by atoms with Crippen LogP contribution in [0.4, 0.5) is 0 Å². The highest BCUT2D eigenvalue weighted by molar-refractivity contribution is 5.94. The average Bonchev–Trinajstić information content (AvgIpc) is 2.53. The van der Waals surface area contributed by atoms with Crippen molar-refractivity contribution in [3.63, 3.8) is 0 Å². The first-order valence-electron chi connectivity index (χ1n) is 8.69. The zero-order chi connectivity index (χ0) is 14.9. The second-order valence-corrected chi connectivity index (χ2v) is 6.32. The topological polar surface area (TPSA) is 29.1 Å². The summed E-state index contributed by atoms with van der Waals surface area (Å²) in [6, 6.07) is 8.56. The highest BCUT2D eigenvalue weighted by Gasteiger charge is 2.16. The quantitative estimate of drug-likeness (QED) is 0.712. The molecule has 116 valence electrons. The molecular weight excluding hydrogens is 258 g/mol. The molecule has 2 heteroatoms. The number of rotatable bonds is 7. The Morgan fingerprint density at radius 2 is 1.95 bits per heavy atom. The Bertz CT molecular complexity index is 435. The predicted octanol–water partition coefficient (Wildman–Crippen LogP) is 4.87.